The van der Waals surface area contributed by atoms with Gasteiger partial charge in [0.25, 0.3) is 0 Å². The van der Waals surface area contributed by atoms with Crippen LogP contribution in [0.3, 0.4) is 0 Å². The molecule has 0 saturated carbocycles. The molecular weight excluding hydrogens is 292 g/mol. The van der Waals surface area contributed by atoms with E-state index in [0.29, 0.717) is 0 Å². The van der Waals surface area contributed by atoms with Crippen molar-refractivity contribution in [1.82, 2.24) is 9.97 Å². The van der Waals surface area contributed by atoms with E-state index in [9.17, 15) is 0 Å². The fourth-order valence-electron chi connectivity index (χ4n) is 2.81. The van der Waals surface area contributed by atoms with Crippen molar-refractivity contribution in [2.45, 2.75) is 20.8 Å². The molecule has 0 radical (unpaired) electrons. The number of rotatable bonds is 4. The van der Waals surface area contributed by atoms with Gasteiger partial charge in [-0.3, -0.25) is 0 Å². The normalized spacial score (nSPS) is 11.6. The number of nitrogens with zero attached hydrogens (tertiary/aromatic N) is 1. The Morgan fingerprint density at radius 3 is 1.75 bits per heavy atom. The van der Waals surface area contributed by atoms with Crippen LogP contribution in [0.5, 0.6) is 0 Å². The molecule has 0 aliphatic rings. The van der Waals surface area contributed by atoms with Crippen molar-refractivity contribution in [2.75, 3.05) is 0 Å². The average molecular weight is 314 g/mol. The number of aromatic nitrogens is 2. The molecule has 0 amide bonds. The van der Waals surface area contributed by atoms with Crippen LogP contribution in [0, 0.1) is 6.92 Å². The predicted molar refractivity (Wildman–Crippen MR) is 104 cm³/mol. The van der Waals surface area contributed by atoms with Crippen LogP contribution >= 0.6 is 0 Å². The number of H-pyrrole nitrogens is 1. The van der Waals surface area contributed by atoms with Crippen molar-refractivity contribution in [2.24, 2.45) is 0 Å². The Hall–Kier alpha value is -2.87. The second-order valence-electron chi connectivity index (χ2n) is 5.79. The Bertz CT molecular complexity index is 790. The van der Waals surface area contributed by atoms with Crippen molar-refractivity contribution in [1.29, 1.82) is 0 Å². The zero-order valence-corrected chi connectivity index (χ0v) is 14.4. The van der Waals surface area contributed by atoms with Gasteiger partial charge < -0.3 is 4.98 Å². The molecule has 1 aromatic heterocycles. The summed E-state index contributed by atoms with van der Waals surface area (Å²) in [5, 5.41) is 0. The van der Waals surface area contributed by atoms with Gasteiger partial charge in [0.2, 0.25) is 0 Å². The van der Waals surface area contributed by atoms with E-state index in [0.717, 1.165) is 28.3 Å². The van der Waals surface area contributed by atoms with Crippen molar-refractivity contribution < 1.29 is 0 Å². The molecule has 120 valence electrons. The molecule has 2 heteroatoms. The van der Waals surface area contributed by atoms with Crippen molar-refractivity contribution in [3.05, 3.63) is 77.6 Å². The Kier molecular flexibility index (Phi) is 4.76. The van der Waals surface area contributed by atoms with Gasteiger partial charge in [-0.25, -0.2) is 4.98 Å². The number of benzene rings is 2. The number of allylic oxidation sites excluding steroid dienone is 2. The van der Waals surface area contributed by atoms with Gasteiger partial charge in [-0.1, -0.05) is 72.8 Å². The van der Waals surface area contributed by atoms with Crippen LogP contribution in [0.25, 0.3) is 34.7 Å². The van der Waals surface area contributed by atoms with Crippen LogP contribution in [-0.4, -0.2) is 9.97 Å². The van der Waals surface area contributed by atoms with E-state index in [4.69, 9.17) is 4.98 Å². The van der Waals surface area contributed by atoms with Gasteiger partial charge in [0, 0.05) is 11.1 Å². The van der Waals surface area contributed by atoms with E-state index >= 15 is 0 Å². The standard InChI is InChI=1S/C22H22N2/c1-4-6-17-8-12-19(13-9-17)21-22(24-16(3)23-21)20-14-10-18(7-5-2)11-15-20/h4-15H,1-3H3,(H,23,24)/b6-4+,7-5+. The number of aromatic amines is 1. The Labute approximate surface area is 143 Å². The smallest absolute Gasteiger partial charge is 0.104 e. The highest BCUT2D eigenvalue weighted by Gasteiger charge is 2.12. The minimum Gasteiger partial charge on any atom is -0.342 e. The third-order valence-corrected chi connectivity index (χ3v) is 3.92. The van der Waals surface area contributed by atoms with E-state index < -0.39 is 0 Å². The molecule has 3 rings (SSSR count). The topological polar surface area (TPSA) is 28.7 Å². The summed E-state index contributed by atoms with van der Waals surface area (Å²) < 4.78 is 0. The SMILES string of the molecule is C/C=C/c1ccc(-c2nc(C)[nH]c2-c2ccc(/C=C/C)cc2)cc1. The first-order valence-corrected chi connectivity index (χ1v) is 8.24. The Morgan fingerprint density at radius 1 is 0.750 bits per heavy atom. The molecule has 2 nitrogen and oxygen atoms in total. The second kappa shape index (κ2) is 7.14. The van der Waals surface area contributed by atoms with Gasteiger partial charge >= 0.3 is 0 Å². The summed E-state index contributed by atoms with van der Waals surface area (Å²) in [6, 6.07) is 17.0. The summed E-state index contributed by atoms with van der Waals surface area (Å²) in [5.74, 6) is 0.926. The first kappa shape index (κ1) is 16.0. The van der Waals surface area contributed by atoms with Crippen molar-refractivity contribution in [3.63, 3.8) is 0 Å². The third-order valence-electron chi connectivity index (χ3n) is 3.92. The van der Waals surface area contributed by atoms with Crippen molar-refractivity contribution in [3.8, 4) is 22.5 Å². The minimum atomic E-state index is 0.926. The number of hydrogen-bond acceptors (Lipinski definition) is 1. The molecule has 0 aliphatic carbocycles. The number of nitrogens with one attached hydrogen (secondary N) is 1. The average Bonchev–Trinajstić information content (AvgIpc) is 2.99. The van der Waals surface area contributed by atoms with Crippen LogP contribution < -0.4 is 0 Å². The highest BCUT2D eigenvalue weighted by Crippen LogP contribution is 2.30. The maximum atomic E-state index is 4.70. The molecule has 0 bridgehead atoms. The summed E-state index contributed by atoms with van der Waals surface area (Å²) >= 11 is 0. The van der Waals surface area contributed by atoms with Gasteiger partial charge in [-0.15, -0.1) is 0 Å². The molecule has 1 heterocycles. The zero-order valence-electron chi connectivity index (χ0n) is 14.4. The summed E-state index contributed by atoms with van der Waals surface area (Å²) in [5.41, 5.74) is 6.74. The quantitative estimate of drug-likeness (QED) is 0.617. The Balaban J connectivity index is 2.01. The van der Waals surface area contributed by atoms with Gasteiger partial charge in [0.05, 0.1) is 11.4 Å². The van der Waals surface area contributed by atoms with Gasteiger partial charge in [-0.2, -0.15) is 0 Å². The number of aryl methyl sites for hydroxylation is 1. The predicted octanol–water partition coefficient (Wildman–Crippen LogP) is 6.12. The molecule has 1 N–H and O–H groups in total. The fourth-order valence-corrected chi connectivity index (χ4v) is 2.81. The molecule has 2 aromatic carbocycles. The van der Waals surface area contributed by atoms with Gasteiger partial charge in [0.15, 0.2) is 0 Å². The highest BCUT2D eigenvalue weighted by molar-refractivity contribution is 5.79. The molecule has 0 unspecified atom stereocenters. The van der Waals surface area contributed by atoms with Crippen LogP contribution in [0.1, 0.15) is 30.8 Å². The summed E-state index contributed by atoms with van der Waals surface area (Å²) in [6.45, 7) is 6.05. The molecule has 0 saturated heterocycles. The minimum absolute atomic E-state index is 0.926. The zero-order chi connectivity index (χ0) is 16.9. The van der Waals surface area contributed by atoms with Crippen molar-refractivity contribution >= 4 is 12.2 Å². The molecular formula is C22H22N2. The number of imidazole rings is 1. The maximum Gasteiger partial charge on any atom is 0.104 e. The highest BCUT2D eigenvalue weighted by atomic mass is 14.9. The molecule has 0 spiro atoms. The fraction of sp³-hybridized carbons (Fsp3) is 0.136. The lowest BCUT2D eigenvalue weighted by Crippen LogP contribution is -1.85. The lowest BCUT2D eigenvalue weighted by Gasteiger charge is -2.05. The molecule has 0 atom stereocenters. The summed E-state index contributed by atoms with van der Waals surface area (Å²) in [6.07, 6.45) is 8.29. The first-order chi connectivity index (χ1) is 11.7. The lowest BCUT2D eigenvalue weighted by molar-refractivity contribution is 1.15. The lowest BCUT2D eigenvalue weighted by atomic mass is 10.0. The van der Waals surface area contributed by atoms with E-state index in [-0.39, 0.29) is 0 Å². The van der Waals surface area contributed by atoms with Gasteiger partial charge in [-0.05, 0) is 31.9 Å². The summed E-state index contributed by atoms with van der Waals surface area (Å²) in [7, 11) is 0. The Morgan fingerprint density at radius 2 is 1.25 bits per heavy atom. The molecule has 24 heavy (non-hydrogen) atoms. The molecule has 0 aliphatic heterocycles. The van der Waals surface area contributed by atoms with Crippen LogP contribution in [0.4, 0.5) is 0 Å². The van der Waals surface area contributed by atoms with Gasteiger partial charge in [0.1, 0.15) is 5.82 Å². The summed E-state index contributed by atoms with van der Waals surface area (Å²) in [4.78, 5) is 8.11. The van der Waals surface area contributed by atoms with Crippen LogP contribution in [0.15, 0.2) is 60.7 Å². The molecule has 3 aromatic rings. The monoisotopic (exact) mass is 314 g/mol. The largest absolute Gasteiger partial charge is 0.342 e. The van der Waals surface area contributed by atoms with E-state index in [1.54, 1.807) is 0 Å². The third kappa shape index (κ3) is 3.38. The van der Waals surface area contributed by atoms with Crippen LogP contribution in [0.2, 0.25) is 0 Å². The second-order valence-corrected chi connectivity index (χ2v) is 5.79. The molecule has 0 fully saturated rings. The maximum absolute atomic E-state index is 4.70. The first-order valence-electron chi connectivity index (χ1n) is 8.24. The van der Waals surface area contributed by atoms with Crippen LogP contribution in [-0.2, 0) is 0 Å². The van der Waals surface area contributed by atoms with E-state index in [2.05, 4.69) is 65.7 Å². The number of hydrogen-bond donors (Lipinski definition) is 1. The van der Waals surface area contributed by atoms with E-state index in [1.165, 1.54) is 11.1 Å². The van der Waals surface area contributed by atoms with E-state index in [1.807, 2.05) is 32.9 Å².